The van der Waals surface area contributed by atoms with E-state index in [1.165, 1.54) is 14.0 Å². The molecule has 0 radical (unpaired) electrons. The molecule has 0 aromatic heterocycles. The number of rotatable bonds is 5. The van der Waals surface area contributed by atoms with E-state index in [0.717, 1.165) is 12.0 Å². The van der Waals surface area contributed by atoms with Crippen molar-refractivity contribution in [1.82, 2.24) is 10.2 Å². The fourth-order valence-electron chi connectivity index (χ4n) is 3.51. The Bertz CT molecular complexity index is 735. The van der Waals surface area contributed by atoms with E-state index in [-0.39, 0.29) is 30.5 Å². The van der Waals surface area contributed by atoms with Crippen LogP contribution in [0.5, 0.6) is 11.5 Å². The van der Waals surface area contributed by atoms with Crippen LogP contribution in [0.2, 0.25) is 0 Å². The standard InChI is InChI=1S/C19H24N2O6/c1-12(22)20-15(8-13-5-6-16-17(9-13)27-11-26-16)18(23)21-7-3-4-14(10-21)19(24)25-2/h5-6,9,14-15H,3-4,7-8,10-11H2,1-2H3,(H,20,22). The lowest BCUT2D eigenvalue weighted by atomic mass is 9.96. The summed E-state index contributed by atoms with van der Waals surface area (Å²) in [4.78, 5) is 38.1. The van der Waals surface area contributed by atoms with Crippen molar-refractivity contribution in [2.75, 3.05) is 27.0 Å². The maximum absolute atomic E-state index is 13.0. The highest BCUT2D eigenvalue weighted by Crippen LogP contribution is 2.33. The SMILES string of the molecule is COC(=O)C1CCCN(C(=O)C(Cc2ccc3c(c2)OCO3)NC(C)=O)C1. The fraction of sp³-hybridized carbons (Fsp3) is 0.526. The molecule has 146 valence electrons. The van der Waals surface area contributed by atoms with Gasteiger partial charge in [-0.1, -0.05) is 6.07 Å². The molecule has 2 amide bonds. The second-order valence-electron chi connectivity index (χ2n) is 6.79. The molecule has 1 aromatic rings. The summed E-state index contributed by atoms with van der Waals surface area (Å²) < 4.78 is 15.5. The zero-order valence-electron chi connectivity index (χ0n) is 15.5. The Balaban J connectivity index is 1.72. The normalized spacial score (nSPS) is 19.3. The van der Waals surface area contributed by atoms with Crippen LogP contribution in [0.25, 0.3) is 0 Å². The minimum absolute atomic E-state index is 0.176. The van der Waals surface area contributed by atoms with Crippen LogP contribution >= 0.6 is 0 Å². The summed E-state index contributed by atoms with van der Waals surface area (Å²) in [6.07, 6.45) is 1.75. The van der Waals surface area contributed by atoms with Crippen LogP contribution in [0.15, 0.2) is 18.2 Å². The van der Waals surface area contributed by atoms with Crippen molar-refractivity contribution < 1.29 is 28.6 Å². The van der Waals surface area contributed by atoms with Gasteiger partial charge in [-0.15, -0.1) is 0 Å². The molecular weight excluding hydrogens is 352 g/mol. The maximum Gasteiger partial charge on any atom is 0.310 e. The minimum Gasteiger partial charge on any atom is -0.469 e. The monoisotopic (exact) mass is 376 g/mol. The summed E-state index contributed by atoms with van der Waals surface area (Å²) in [7, 11) is 1.35. The third-order valence-electron chi connectivity index (χ3n) is 4.82. The van der Waals surface area contributed by atoms with Crippen molar-refractivity contribution in [3.05, 3.63) is 23.8 Å². The van der Waals surface area contributed by atoms with Crippen molar-refractivity contribution in [2.24, 2.45) is 5.92 Å². The number of amides is 2. The van der Waals surface area contributed by atoms with E-state index in [4.69, 9.17) is 14.2 Å². The minimum atomic E-state index is -0.709. The Morgan fingerprint density at radius 1 is 1.30 bits per heavy atom. The molecule has 1 fully saturated rings. The van der Waals surface area contributed by atoms with Gasteiger partial charge in [0.15, 0.2) is 11.5 Å². The van der Waals surface area contributed by atoms with Gasteiger partial charge in [-0.3, -0.25) is 14.4 Å². The summed E-state index contributed by atoms with van der Waals surface area (Å²) in [5.41, 5.74) is 0.855. The van der Waals surface area contributed by atoms with Crippen molar-refractivity contribution in [3.8, 4) is 11.5 Å². The Hall–Kier alpha value is -2.77. The number of piperidine rings is 1. The summed E-state index contributed by atoms with van der Waals surface area (Å²) in [5, 5.41) is 2.73. The first-order chi connectivity index (χ1) is 13.0. The zero-order valence-corrected chi connectivity index (χ0v) is 15.5. The molecule has 0 spiro atoms. The third-order valence-corrected chi connectivity index (χ3v) is 4.82. The lowest BCUT2D eigenvalue weighted by Gasteiger charge is -2.34. The predicted octanol–water partition coefficient (Wildman–Crippen LogP) is 0.874. The number of methoxy groups -OCH3 is 1. The number of carbonyl (C=O) groups is 3. The summed E-state index contributed by atoms with van der Waals surface area (Å²) >= 11 is 0. The number of esters is 1. The van der Waals surface area contributed by atoms with Crippen molar-refractivity contribution in [2.45, 2.75) is 32.2 Å². The van der Waals surface area contributed by atoms with Gasteiger partial charge in [0.2, 0.25) is 18.6 Å². The van der Waals surface area contributed by atoms with Crippen LogP contribution in [-0.2, 0) is 25.5 Å². The molecule has 8 nitrogen and oxygen atoms in total. The van der Waals surface area contributed by atoms with Gasteiger partial charge in [0, 0.05) is 26.4 Å². The van der Waals surface area contributed by atoms with Gasteiger partial charge in [0.05, 0.1) is 13.0 Å². The highest BCUT2D eigenvalue weighted by Gasteiger charge is 2.33. The first-order valence-electron chi connectivity index (χ1n) is 9.00. The molecule has 3 rings (SSSR count). The van der Waals surface area contributed by atoms with Crippen LogP contribution in [0.1, 0.15) is 25.3 Å². The van der Waals surface area contributed by atoms with E-state index >= 15 is 0 Å². The van der Waals surface area contributed by atoms with Gasteiger partial charge in [0.25, 0.3) is 0 Å². The molecule has 0 saturated carbocycles. The average Bonchev–Trinajstić information content (AvgIpc) is 3.13. The molecule has 2 unspecified atom stereocenters. The van der Waals surface area contributed by atoms with Gasteiger partial charge in [0.1, 0.15) is 6.04 Å². The van der Waals surface area contributed by atoms with Crippen LogP contribution in [0.3, 0.4) is 0 Å². The topological polar surface area (TPSA) is 94.2 Å². The molecule has 2 aliphatic heterocycles. The van der Waals surface area contributed by atoms with Crippen LogP contribution in [-0.4, -0.2) is 55.7 Å². The van der Waals surface area contributed by atoms with Gasteiger partial charge >= 0.3 is 5.97 Å². The number of likely N-dealkylation sites (tertiary alicyclic amines) is 1. The van der Waals surface area contributed by atoms with Crippen molar-refractivity contribution in [1.29, 1.82) is 0 Å². The molecule has 1 aromatic carbocycles. The average molecular weight is 376 g/mol. The van der Waals surface area contributed by atoms with Crippen LogP contribution in [0.4, 0.5) is 0 Å². The zero-order chi connectivity index (χ0) is 19.4. The van der Waals surface area contributed by atoms with Crippen LogP contribution in [0, 0.1) is 5.92 Å². The quantitative estimate of drug-likeness (QED) is 0.767. The van der Waals surface area contributed by atoms with Crippen molar-refractivity contribution in [3.63, 3.8) is 0 Å². The lowest BCUT2D eigenvalue weighted by Crippen LogP contribution is -2.52. The number of hydrogen-bond acceptors (Lipinski definition) is 6. The second kappa shape index (κ2) is 8.28. The Morgan fingerprint density at radius 2 is 2.07 bits per heavy atom. The number of nitrogens with zero attached hydrogens (tertiary/aromatic N) is 1. The van der Waals surface area contributed by atoms with Crippen LogP contribution < -0.4 is 14.8 Å². The largest absolute Gasteiger partial charge is 0.469 e. The van der Waals surface area contributed by atoms with E-state index in [1.807, 2.05) is 12.1 Å². The first kappa shape index (κ1) is 19.0. The van der Waals surface area contributed by atoms with E-state index in [1.54, 1.807) is 11.0 Å². The molecule has 0 bridgehead atoms. The molecular formula is C19H24N2O6. The number of ether oxygens (including phenoxy) is 3. The van der Waals surface area contributed by atoms with Gasteiger partial charge in [-0.05, 0) is 30.5 Å². The van der Waals surface area contributed by atoms with E-state index < -0.39 is 6.04 Å². The highest BCUT2D eigenvalue weighted by atomic mass is 16.7. The predicted molar refractivity (Wildman–Crippen MR) is 95.2 cm³/mol. The fourth-order valence-corrected chi connectivity index (χ4v) is 3.51. The summed E-state index contributed by atoms with van der Waals surface area (Å²) in [5.74, 6) is 0.186. The molecule has 1 saturated heterocycles. The molecule has 8 heteroatoms. The smallest absolute Gasteiger partial charge is 0.310 e. The van der Waals surface area contributed by atoms with E-state index in [9.17, 15) is 14.4 Å². The number of hydrogen-bond donors (Lipinski definition) is 1. The maximum atomic E-state index is 13.0. The van der Waals surface area contributed by atoms with E-state index in [2.05, 4.69) is 5.32 Å². The van der Waals surface area contributed by atoms with Gasteiger partial charge in [-0.25, -0.2) is 0 Å². The highest BCUT2D eigenvalue weighted by molar-refractivity contribution is 5.87. The van der Waals surface area contributed by atoms with Gasteiger partial charge < -0.3 is 24.4 Å². The second-order valence-corrected chi connectivity index (χ2v) is 6.79. The first-order valence-corrected chi connectivity index (χ1v) is 9.00. The lowest BCUT2D eigenvalue weighted by molar-refractivity contribution is -0.149. The van der Waals surface area contributed by atoms with E-state index in [0.29, 0.717) is 37.4 Å². The third kappa shape index (κ3) is 4.50. The van der Waals surface area contributed by atoms with Crippen molar-refractivity contribution >= 4 is 17.8 Å². The summed E-state index contributed by atoms with van der Waals surface area (Å²) in [6.45, 7) is 2.43. The molecule has 2 aliphatic rings. The summed E-state index contributed by atoms with van der Waals surface area (Å²) in [6, 6.07) is 4.75. The van der Waals surface area contributed by atoms with Gasteiger partial charge in [-0.2, -0.15) is 0 Å². The number of benzene rings is 1. The molecule has 27 heavy (non-hydrogen) atoms. The Kier molecular flexibility index (Phi) is 5.83. The number of fused-ring (bicyclic) bond motifs is 1. The molecule has 2 atom stereocenters. The Labute approximate surface area is 157 Å². The number of nitrogens with one attached hydrogen (secondary N) is 1. The number of carbonyl (C=O) groups excluding carboxylic acids is 3. The molecule has 2 heterocycles. The molecule has 0 aliphatic carbocycles. The Morgan fingerprint density at radius 3 is 2.81 bits per heavy atom. The molecule has 1 N–H and O–H groups in total.